The number of esters is 1. The summed E-state index contributed by atoms with van der Waals surface area (Å²) in [6.45, 7) is 11.0. The average molecular weight is 187 g/mol. The van der Waals surface area contributed by atoms with Gasteiger partial charge in [-0.25, -0.2) is 0 Å². The third-order valence-electron chi connectivity index (χ3n) is 1.63. The Bertz CT molecular complexity index is 161. The molecule has 0 amide bonds. The highest BCUT2D eigenvalue weighted by molar-refractivity contribution is 5.72. The third-order valence-corrected chi connectivity index (χ3v) is 1.63. The molecule has 0 saturated carbocycles. The van der Waals surface area contributed by atoms with Gasteiger partial charge in [-0.05, 0) is 27.7 Å². The third kappa shape index (κ3) is 6.58. The minimum absolute atomic E-state index is 0.0563. The van der Waals surface area contributed by atoms with Gasteiger partial charge in [-0.1, -0.05) is 6.92 Å². The van der Waals surface area contributed by atoms with Gasteiger partial charge in [0.05, 0.1) is 12.5 Å². The van der Waals surface area contributed by atoms with Crippen LogP contribution >= 0.6 is 0 Å². The fourth-order valence-corrected chi connectivity index (χ4v) is 0.827. The first kappa shape index (κ1) is 12.4. The topological polar surface area (TPSA) is 38.3 Å². The van der Waals surface area contributed by atoms with Crippen molar-refractivity contribution < 1.29 is 9.53 Å². The fourth-order valence-electron chi connectivity index (χ4n) is 0.827. The maximum absolute atomic E-state index is 11.2. The van der Waals surface area contributed by atoms with Gasteiger partial charge >= 0.3 is 5.97 Å². The lowest BCUT2D eigenvalue weighted by molar-refractivity contribution is -0.147. The Hall–Kier alpha value is -0.570. The van der Waals surface area contributed by atoms with E-state index >= 15 is 0 Å². The van der Waals surface area contributed by atoms with Crippen molar-refractivity contribution in [2.24, 2.45) is 5.92 Å². The molecule has 0 aliphatic heterocycles. The maximum atomic E-state index is 11.2. The van der Waals surface area contributed by atoms with Crippen LogP contribution in [-0.4, -0.2) is 24.7 Å². The lowest BCUT2D eigenvalue weighted by Gasteiger charge is -2.22. The fraction of sp³-hybridized carbons (Fsp3) is 0.900. The maximum Gasteiger partial charge on any atom is 0.309 e. The number of hydrogen-bond acceptors (Lipinski definition) is 3. The predicted octanol–water partition coefficient (Wildman–Crippen LogP) is 1.57. The lowest BCUT2D eigenvalue weighted by Crippen LogP contribution is -2.40. The molecule has 3 heteroatoms. The van der Waals surface area contributed by atoms with E-state index in [1.165, 1.54) is 0 Å². The largest absolute Gasteiger partial charge is 0.466 e. The summed E-state index contributed by atoms with van der Waals surface area (Å²) in [7, 11) is 0. The van der Waals surface area contributed by atoms with Crippen molar-refractivity contribution in [3.05, 3.63) is 0 Å². The Kier molecular flexibility index (Phi) is 4.99. The standard InChI is InChI=1S/C10H21NO2/c1-6-13-9(12)8(2)7-11-10(3,4)5/h8,11H,6-7H2,1-5H3/t8-/m0/s1. The second-order valence-electron chi connectivity index (χ2n) is 4.28. The van der Waals surface area contributed by atoms with E-state index in [0.717, 1.165) is 0 Å². The van der Waals surface area contributed by atoms with E-state index in [9.17, 15) is 4.79 Å². The molecule has 78 valence electrons. The molecule has 0 saturated heterocycles. The number of hydrogen-bond donors (Lipinski definition) is 1. The monoisotopic (exact) mass is 187 g/mol. The summed E-state index contributed by atoms with van der Waals surface area (Å²) in [4.78, 5) is 11.2. The number of rotatable bonds is 4. The number of carbonyl (C=O) groups is 1. The van der Waals surface area contributed by atoms with Crippen molar-refractivity contribution in [2.75, 3.05) is 13.2 Å². The number of nitrogens with one attached hydrogen (secondary N) is 1. The molecule has 0 spiro atoms. The summed E-state index contributed by atoms with van der Waals surface area (Å²) in [6.07, 6.45) is 0. The van der Waals surface area contributed by atoms with E-state index in [0.29, 0.717) is 13.2 Å². The van der Waals surface area contributed by atoms with Gasteiger partial charge in [-0.15, -0.1) is 0 Å². The Balaban J connectivity index is 3.74. The molecule has 0 aromatic rings. The average Bonchev–Trinajstić information content (AvgIpc) is 1.99. The summed E-state index contributed by atoms with van der Waals surface area (Å²) in [5.41, 5.74) is 0.0563. The minimum atomic E-state index is -0.126. The molecule has 0 bridgehead atoms. The van der Waals surface area contributed by atoms with E-state index in [-0.39, 0.29) is 17.4 Å². The van der Waals surface area contributed by atoms with Gasteiger partial charge in [0.15, 0.2) is 0 Å². The molecule has 0 fully saturated rings. The molecule has 0 aliphatic carbocycles. The highest BCUT2D eigenvalue weighted by atomic mass is 16.5. The molecule has 3 nitrogen and oxygen atoms in total. The van der Waals surface area contributed by atoms with Crippen molar-refractivity contribution in [1.82, 2.24) is 5.32 Å². The van der Waals surface area contributed by atoms with E-state index in [1.54, 1.807) is 0 Å². The molecule has 0 radical (unpaired) electrons. The SMILES string of the molecule is CCOC(=O)[C@@H](C)CNC(C)(C)C. The van der Waals surface area contributed by atoms with Gasteiger partial charge in [0.2, 0.25) is 0 Å². The van der Waals surface area contributed by atoms with Crippen molar-refractivity contribution in [2.45, 2.75) is 40.2 Å². The van der Waals surface area contributed by atoms with Crippen LogP contribution in [0.2, 0.25) is 0 Å². The van der Waals surface area contributed by atoms with Gasteiger partial charge in [0, 0.05) is 12.1 Å². The first-order chi connectivity index (χ1) is 5.87. The lowest BCUT2D eigenvalue weighted by atomic mass is 10.1. The molecule has 1 N–H and O–H groups in total. The molecule has 0 aliphatic rings. The molecule has 0 aromatic heterocycles. The first-order valence-corrected chi connectivity index (χ1v) is 4.78. The zero-order valence-corrected chi connectivity index (χ0v) is 9.31. The summed E-state index contributed by atoms with van der Waals surface area (Å²) >= 11 is 0. The number of carbonyl (C=O) groups excluding carboxylic acids is 1. The molecule has 0 unspecified atom stereocenters. The second-order valence-corrected chi connectivity index (χ2v) is 4.28. The van der Waals surface area contributed by atoms with Crippen molar-refractivity contribution in [1.29, 1.82) is 0 Å². The molecular formula is C10H21NO2. The summed E-state index contributed by atoms with van der Waals surface area (Å²) in [5, 5.41) is 3.26. The predicted molar refractivity (Wildman–Crippen MR) is 53.6 cm³/mol. The number of ether oxygens (including phenoxy) is 1. The molecule has 0 aromatic carbocycles. The van der Waals surface area contributed by atoms with E-state index < -0.39 is 0 Å². The Labute approximate surface area is 80.8 Å². The zero-order chi connectivity index (χ0) is 10.5. The highest BCUT2D eigenvalue weighted by Gasteiger charge is 2.16. The normalized spacial score (nSPS) is 13.9. The summed E-state index contributed by atoms with van der Waals surface area (Å²) in [5.74, 6) is -0.196. The van der Waals surface area contributed by atoms with Crippen molar-refractivity contribution in [3.63, 3.8) is 0 Å². The van der Waals surface area contributed by atoms with Crippen LogP contribution in [0.5, 0.6) is 0 Å². The molecule has 13 heavy (non-hydrogen) atoms. The molecule has 0 rings (SSSR count). The van der Waals surface area contributed by atoms with Crippen LogP contribution in [0.3, 0.4) is 0 Å². The quantitative estimate of drug-likeness (QED) is 0.679. The highest BCUT2D eigenvalue weighted by Crippen LogP contribution is 2.02. The van der Waals surface area contributed by atoms with Crippen LogP contribution in [0.1, 0.15) is 34.6 Å². The Morgan fingerprint density at radius 1 is 1.46 bits per heavy atom. The van der Waals surface area contributed by atoms with Crippen LogP contribution in [0.25, 0.3) is 0 Å². The zero-order valence-electron chi connectivity index (χ0n) is 9.31. The van der Waals surface area contributed by atoms with E-state index in [2.05, 4.69) is 26.1 Å². The van der Waals surface area contributed by atoms with Gasteiger partial charge in [0.25, 0.3) is 0 Å². The van der Waals surface area contributed by atoms with Crippen LogP contribution in [0.4, 0.5) is 0 Å². The molecule has 1 atom stereocenters. The summed E-state index contributed by atoms with van der Waals surface area (Å²) < 4.78 is 4.89. The van der Waals surface area contributed by atoms with Gasteiger partial charge in [-0.3, -0.25) is 4.79 Å². The second kappa shape index (κ2) is 5.22. The minimum Gasteiger partial charge on any atom is -0.466 e. The first-order valence-electron chi connectivity index (χ1n) is 4.78. The van der Waals surface area contributed by atoms with Gasteiger partial charge in [0.1, 0.15) is 0 Å². The van der Waals surface area contributed by atoms with E-state index in [1.807, 2.05) is 13.8 Å². The van der Waals surface area contributed by atoms with Crippen LogP contribution in [0, 0.1) is 5.92 Å². The molecule has 0 heterocycles. The van der Waals surface area contributed by atoms with Crippen molar-refractivity contribution >= 4 is 5.97 Å². The Morgan fingerprint density at radius 3 is 2.38 bits per heavy atom. The van der Waals surface area contributed by atoms with Crippen LogP contribution in [0.15, 0.2) is 0 Å². The van der Waals surface area contributed by atoms with Crippen LogP contribution in [-0.2, 0) is 9.53 Å². The van der Waals surface area contributed by atoms with Gasteiger partial charge in [-0.2, -0.15) is 0 Å². The Morgan fingerprint density at radius 2 is 2.00 bits per heavy atom. The van der Waals surface area contributed by atoms with E-state index in [4.69, 9.17) is 4.74 Å². The molecular weight excluding hydrogens is 166 g/mol. The summed E-state index contributed by atoms with van der Waals surface area (Å²) in [6, 6.07) is 0. The van der Waals surface area contributed by atoms with Gasteiger partial charge < -0.3 is 10.1 Å². The smallest absolute Gasteiger partial charge is 0.309 e. The van der Waals surface area contributed by atoms with Crippen molar-refractivity contribution in [3.8, 4) is 0 Å². The van der Waals surface area contributed by atoms with Crippen LogP contribution < -0.4 is 5.32 Å².